The van der Waals surface area contributed by atoms with E-state index in [0.29, 0.717) is 11.7 Å². The molecule has 0 saturated heterocycles. The van der Waals surface area contributed by atoms with Crippen molar-refractivity contribution < 1.29 is 4.21 Å². The molecule has 2 N–H and O–H groups in total. The monoisotopic (exact) mass is 253 g/mol. The second-order valence-corrected chi connectivity index (χ2v) is 6.80. The summed E-state index contributed by atoms with van der Waals surface area (Å²) in [7, 11) is -0.859. The molecule has 1 rings (SSSR count). The van der Waals surface area contributed by atoms with E-state index in [1.165, 1.54) is 5.56 Å². The molecular formula is C14H23NOS. The first-order valence-electron chi connectivity index (χ1n) is 6.11. The van der Waals surface area contributed by atoms with Gasteiger partial charge in [-0.2, -0.15) is 0 Å². The first-order chi connectivity index (χ1) is 7.93. The van der Waals surface area contributed by atoms with Gasteiger partial charge in [0.25, 0.3) is 0 Å². The molecule has 0 saturated carbocycles. The van der Waals surface area contributed by atoms with Crippen molar-refractivity contribution in [2.75, 3.05) is 5.75 Å². The molecule has 0 aliphatic heterocycles. The summed E-state index contributed by atoms with van der Waals surface area (Å²) in [6.45, 7) is 8.28. The lowest BCUT2D eigenvalue weighted by Gasteiger charge is -2.19. The van der Waals surface area contributed by atoms with Crippen molar-refractivity contribution in [1.29, 1.82) is 0 Å². The molecule has 3 atom stereocenters. The summed E-state index contributed by atoms with van der Waals surface area (Å²) < 4.78 is 12.1. The smallest absolute Gasteiger partial charge is 0.0431 e. The molecule has 0 spiro atoms. The van der Waals surface area contributed by atoms with Gasteiger partial charge in [0.15, 0.2) is 0 Å². The van der Waals surface area contributed by atoms with Crippen molar-refractivity contribution in [3.8, 4) is 0 Å². The van der Waals surface area contributed by atoms with Gasteiger partial charge >= 0.3 is 0 Å². The van der Waals surface area contributed by atoms with Gasteiger partial charge in [0.1, 0.15) is 0 Å². The van der Waals surface area contributed by atoms with Gasteiger partial charge in [-0.25, -0.2) is 0 Å². The largest absolute Gasteiger partial charge is 0.323 e. The molecule has 0 heterocycles. The molecule has 0 aliphatic carbocycles. The molecule has 96 valence electrons. The average molecular weight is 253 g/mol. The van der Waals surface area contributed by atoms with Crippen molar-refractivity contribution in [3.63, 3.8) is 0 Å². The summed E-state index contributed by atoms with van der Waals surface area (Å²) in [6, 6.07) is 7.93. The van der Waals surface area contributed by atoms with E-state index in [2.05, 4.69) is 13.8 Å². The Morgan fingerprint density at radius 3 is 2.35 bits per heavy atom. The minimum atomic E-state index is -0.859. The Hall–Kier alpha value is -0.670. The van der Waals surface area contributed by atoms with Gasteiger partial charge in [-0.05, 0) is 24.0 Å². The van der Waals surface area contributed by atoms with Gasteiger partial charge < -0.3 is 5.73 Å². The SMILES string of the molecule is Cc1ccccc1C(N)CS(=O)C(C)C(C)C. The quantitative estimate of drug-likeness (QED) is 0.877. The topological polar surface area (TPSA) is 43.1 Å². The van der Waals surface area contributed by atoms with Crippen LogP contribution >= 0.6 is 0 Å². The van der Waals surface area contributed by atoms with Crippen LogP contribution < -0.4 is 5.73 Å². The van der Waals surface area contributed by atoms with Crippen molar-refractivity contribution in [2.24, 2.45) is 11.7 Å². The average Bonchev–Trinajstić information content (AvgIpc) is 2.28. The van der Waals surface area contributed by atoms with Crippen LogP contribution in [0.3, 0.4) is 0 Å². The van der Waals surface area contributed by atoms with Gasteiger partial charge in [0.05, 0.1) is 0 Å². The molecule has 3 heteroatoms. The third-order valence-electron chi connectivity index (χ3n) is 3.29. The van der Waals surface area contributed by atoms with Crippen molar-refractivity contribution in [3.05, 3.63) is 35.4 Å². The van der Waals surface area contributed by atoms with E-state index < -0.39 is 10.8 Å². The molecule has 0 aromatic heterocycles. The first kappa shape index (κ1) is 14.4. The Morgan fingerprint density at radius 1 is 1.24 bits per heavy atom. The second kappa shape index (κ2) is 6.31. The van der Waals surface area contributed by atoms with Crippen LogP contribution in [-0.4, -0.2) is 15.2 Å². The molecule has 0 aliphatic rings. The molecule has 1 aromatic carbocycles. The Bertz CT molecular complexity index is 390. The van der Waals surface area contributed by atoms with Gasteiger partial charge in [-0.15, -0.1) is 0 Å². The van der Waals surface area contributed by atoms with Crippen molar-refractivity contribution in [2.45, 2.75) is 39.0 Å². The standard InChI is InChI=1S/C14H23NOS/c1-10(2)12(4)17(16)9-14(15)13-8-6-5-7-11(13)3/h5-8,10,12,14H,9,15H2,1-4H3. The van der Waals surface area contributed by atoms with Crippen LogP contribution in [0.25, 0.3) is 0 Å². The van der Waals surface area contributed by atoms with E-state index in [9.17, 15) is 4.21 Å². The highest BCUT2D eigenvalue weighted by Gasteiger charge is 2.19. The maximum absolute atomic E-state index is 12.1. The predicted octanol–water partition coefficient (Wildman–Crippen LogP) is 2.79. The van der Waals surface area contributed by atoms with Crippen LogP contribution in [0.1, 0.15) is 37.9 Å². The third-order valence-corrected chi connectivity index (χ3v) is 5.35. The number of benzene rings is 1. The molecule has 0 amide bonds. The zero-order valence-electron chi connectivity index (χ0n) is 11.1. The lowest BCUT2D eigenvalue weighted by atomic mass is 10.0. The lowest BCUT2D eigenvalue weighted by molar-refractivity contribution is 0.601. The zero-order valence-corrected chi connectivity index (χ0v) is 12.0. The van der Waals surface area contributed by atoms with Gasteiger partial charge in [0, 0.05) is 27.8 Å². The summed E-state index contributed by atoms with van der Waals surface area (Å²) in [5, 5.41) is 0.199. The Kier molecular flexibility index (Phi) is 5.34. The van der Waals surface area contributed by atoms with E-state index in [0.717, 1.165) is 5.56 Å². The van der Waals surface area contributed by atoms with Crippen molar-refractivity contribution in [1.82, 2.24) is 0 Å². The summed E-state index contributed by atoms with van der Waals surface area (Å²) in [6.07, 6.45) is 0. The molecular weight excluding hydrogens is 230 g/mol. The summed E-state index contributed by atoms with van der Waals surface area (Å²) in [4.78, 5) is 0. The molecule has 0 bridgehead atoms. The number of hydrogen-bond acceptors (Lipinski definition) is 2. The fraction of sp³-hybridized carbons (Fsp3) is 0.571. The fourth-order valence-corrected chi connectivity index (χ4v) is 3.17. The number of rotatable bonds is 5. The van der Waals surface area contributed by atoms with Crippen LogP contribution in [0.5, 0.6) is 0 Å². The molecule has 1 aromatic rings. The molecule has 3 unspecified atom stereocenters. The fourth-order valence-electron chi connectivity index (χ4n) is 1.72. The molecule has 2 nitrogen and oxygen atoms in total. The highest BCUT2D eigenvalue weighted by Crippen LogP contribution is 2.18. The molecule has 17 heavy (non-hydrogen) atoms. The summed E-state index contributed by atoms with van der Waals surface area (Å²) >= 11 is 0. The van der Waals surface area contributed by atoms with E-state index in [1.807, 2.05) is 38.1 Å². The molecule has 0 radical (unpaired) electrons. The second-order valence-electron chi connectivity index (χ2n) is 4.96. The number of nitrogens with two attached hydrogens (primary N) is 1. The number of aryl methyl sites for hydroxylation is 1. The highest BCUT2D eigenvalue weighted by atomic mass is 32.2. The van der Waals surface area contributed by atoms with Crippen LogP contribution in [-0.2, 0) is 10.8 Å². The van der Waals surface area contributed by atoms with E-state index >= 15 is 0 Å². The van der Waals surface area contributed by atoms with Crippen LogP contribution in [0.15, 0.2) is 24.3 Å². The summed E-state index contributed by atoms with van der Waals surface area (Å²) in [5.41, 5.74) is 8.42. The van der Waals surface area contributed by atoms with E-state index in [-0.39, 0.29) is 11.3 Å². The van der Waals surface area contributed by atoms with Crippen LogP contribution in [0.2, 0.25) is 0 Å². The highest BCUT2D eigenvalue weighted by molar-refractivity contribution is 7.85. The van der Waals surface area contributed by atoms with Crippen LogP contribution in [0.4, 0.5) is 0 Å². The van der Waals surface area contributed by atoms with Gasteiger partial charge in [-0.1, -0.05) is 45.0 Å². The minimum Gasteiger partial charge on any atom is -0.323 e. The zero-order chi connectivity index (χ0) is 13.0. The lowest BCUT2D eigenvalue weighted by Crippen LogP contribution is -2.27. The van der Waals surface area contributed by atoms with Gasteiger partial charge in [0.2, 0.25) is 0 Å². The van der Waals surface area contributed by atoms with Crippen molar-refractivity contribution >= 4 is 10.8 Å². The first-order valence-corrected chi connectivity index (χ1v) is 7.50. The minimum absolute atomic E-state index is 0.127. The Balaban J connectivity index is 2.70. The van der Waals surface area contributed by atoms with E-state index in [4.69, 9.17) is 5.73 Å². The number of hydrogen-bond donors (Lipinski definition) is 1. The van der Waals surface area contributed by atoms with Crippen LogP contribution in [0, 0.1) is 12.8 Å². The maximum atomic E-state index is 12.1. The van der Waals surface area contributed by atoms with Gasteiger partial charge in [-0.3, -0.25) is 4.21 Å². The normalized spacial score (nSPS) is 16.8. The maximum Gasteiger partial charge on any atom is 0.0431 e. The third kappa shape index (κ3) is 3.93. The Labute approximate surface area is 107 Å². The summed E-state index contributed by atoms with van der Waals surface area (Å²) in [5.74, 6) is 0.976. The van der Waals surface area contributed by atoms with E-state index in [1.54, 1.807) is 0 Å². The predicted molar refractivity (Wildman–Crippen MR) is 75.4 cm³/mol. The molecule has 0 fully saturated rings. The Morgan fingerprint density at radius 2 is 1.82 bits per heavy atom.